The molecule has 1 fully saturated rings. The van der Waals surface area contributed by atoms with E-state index in [0.717, 1.165) is 38.3 Å². The molecule has 0 unspecified atom stereocenters. The summed E-state index contributed by atoms with van der Waals surface area (Å²) in [6, 6.07) is 9.74. The fourth-order valence-corrected chi connectivity index (χ4v) is 3.26. The normalized spacial score (nSPS) is 15.6. The Morgan fingerprint density at radius 1 is 1.19 bits per heavy atom. The van der Waals surface area contributed by atoms with Gasteiger partial charge < -0.3 is 14.4 Å². The first-order valence-corrected chi connectivity index (χ1v) is 9.42. The largest absolute Gasteiger partial charge is 0.493 e. The van der Waals surface area contributed by atoms with Crippen molar-refractivity contribution in [3.05, 3.63) is 41.7 Å². The van der Waals surface area contributed by atoms with E-state index in [1.165, 1.54) is 0 Å². The molecule has 1 N–H and O–H groups in total. The zero-order valence-corrected chi connectivity index (χ0v) is 16.3. The number of rotatable bonds is 6. The minimum atomic E-state index is -0.0274. The van der Waals surface area contributed by atoms with Crippen LogP contribution in [0.1, 0.15) is 36.5 Å². The van der Waals surface area contributed by atoms with Gasteiger partial charge in [-0.05, 0) is 38.5 Å². The summed E-state index contributed by atoms with van der Waals surface area (Å²) in [6.45, 7) is 8.11. The van der Waals surface area contributed by atoms with Gasteiger partial charge in [0.25, 0.3) is 5.91 Å². The Morgan fingerprint density at radius 2 is 1.96 bits per heavy atom. The summed E-state index contributed by atoms with van der Waals surface area (Å²) >= 11 is 0. The molecule has 146 valence electrons. The van der Waals surface area contributed by atoms with Gasteiger partial charge in [0, 0.05) is 32.2 Å². The van der Waals surface area contributed by atoms with Gasteiger partial charge in [-0.3, -0.25) is 14.8 Å². The first kappa shape index (κ1) is 19.2. The lowest BCUT2D eigenvalue weighted by Gasteiger charge is -2.24. The number of nitrogens with one attached hydrogen (secondary N) is 1. The van der Waals surface area contributed by atoms with Crippen LogP contribution in [0.25, 0.3) is 0 Å². The molecule has 0 bridgehead atoms. The molecule has 0 spiro atoms. The lowest BCUT2D eigenvalue weighted by atomic mass is 10.3. The van der Waals surface area contributed by atoms with Crippen LogP contribution in [-0.4, -0.2) is 65.2 Å². The van der Waals surface area contributed by atoms with Gasteiger partial charge in [-0.1, -0.05) is 12.1 Å². The molecule has 2 aromatic rings. The molecule has 7 nitrogen and oxygen atoms in total. The average Bonchev–Trinajstić information content (AvgIpc) is 3.01. The van der Waals surface area contributed by atoms with E-state index in [2.05, 4.69) is 28.9 Å². The van der Waals surface area contributed by atoms with Crippen LogP contribution in [0.4, 0.5) is 0 Å². The van der Waals surface area contributed by atoms with Gasteiger partial charge in [0.15, 0.2) is 17.2 Å². The molecule has 0 saturated carbocycles. The lowest BCUT2D eigenvalue weighted by molar-refractivity contribution is 0.0753. The van der Waals surface area contributed by atoms with Gasteiger partial charge in [-0.25, -0.2) is 0 Å². The zero-order valence-electron chi connectivity index (χ0n) is 16.3. The molecule has 3 rings (SSSR count). The predicted octanol–water partition coefficient (Wildman–Crippen LogP) is 2.55. The quantitative estimate of drug-likeness (QED) is 0.844. The number of nitrogens with zero attached hydrogens (tertiary/aromatic N) is 3. The molecule has 0 atom stereocenters. The number of carbonyl (C=O) groups is 1. The van der Waals surface area contributed by atoms with Crippen molar-refractivity contribution in [1.82, 2.24) is 20.0 Å². The zero-order chi connectivity index (χ0) is 19.2. The average molecular weight is 372 g/mol. The molecule has 0 radical (unpaired) electrons. The fourth-order valence-electron chi connectivity index (χ4n) is 3.26. The third-order valence-corrected chi connectivity index (χ3v) is 4.85. The summed E-state index contributed by atoms with van der Waals surface area (Å²) in [4.78, 5) is 17.1. The Kier molecular flexibility index (Phi) is 6.34. The van der Waals surface area contributed by atoms with Crippen LogP contribution in [-0.2, 0) is 6.61 Å². The highest BCUT2D eigenvalue weighted by Gasteiger charge is 2.23. The number of aromatic amines is 1. The Bertz CT molecular complexity index is 759. The molecular formula is C20H28N4O3. The summed E-state index contributed by atoms with van der Waals surface area (Å²) in [5, 5.41) is 7.09. The Labute approximate surface area is 160 Å². The lowest BCUT2D eigenvalue weighted by Crippen LogP contribution is -2.37. The van der Waals surface area contributed by atoms with Crippen LogP contribution in [0.5, 0.6) is 11.5 Å². The first-order chi connectivity index (χ1) is 13.1. The van der Waals surface area contributed by atoms with Crippen molar-refractivity contribution >= 4 is 5.91 Å². The molecular weight excluding hydrogens is 344 g/mol. The highest BCUT2D eigenvalue weighted by Crippen LogP contribution is 2.26. The van der Waals surface area contributed by atoms with Crippen LogP contribution in [0, 0.1) is 0 Å². The second kappa shape index (κ2) is 8.90. The van der Waals surface area contributed by atoms with E-state index >= 15 is 0 Å². The summed E-state index contributed by atoms with van der Waals surface area (Å²) in [7, 11) is 1.61. The van der Waals surface area contributed by atoms with Gasteiger partial charge in [-0.15, -0.1) is 0 Å². The second-order valence-corrected chi connectivity index (χ2v) is 6.99. The minimum absolute atomic E-state index is 0.0274. The van der Waals surface area contributed by atoms with Crippen LogP contribution >= 0.6 is 0 Å². The number of para-hydroxylation sites is 2. The van der Waals surface area contributed by atoms with E-state index in [1.54, 1.807) is 13.2 Å². The van der Waals surface area contributed by atoms with Crippen molar-refractivity contribution in [2.45, 2.75) is 32.9 Å². The molecule has 1 aromatic heterocycles. The topological polar surface area (TPSA) is 70.7 Å². The van der Waals surface area contributed by atoms with E-state index in [4.69, 9.17) is 9.47 Å². The van der Waals surface area contributed by atoms with Gasteiger partial charge in [0.2, 0.25) is 0 Å². The standard InChI is InChI=1S/C20H28N4O3/c1-15(2)23-9-6-10-24(12-11-23)20(25)17-13-16(21-22-17)14-27-19-8-5-4-7-18(19)26-3/h4-5,7-8,13,15H,6,9-12,14H2,1-3H3,(H,21,22). The number of methoxy groups -OCH3 is 1. The number of hydrogen-bond donors (Lipinski definition) is 1. The third-order valence-electron chi connectivity index (χ3n) is 4.85. The van der Waals surface area contributed by atoms with E-state index in [1.807, 2.05) is 29.2 Å². The number of hydrogen-bond acceptors (Lipinski definition) is 5. The van der Waals surface area contributed by atoms with Crippen molar-refractivity contribution in [3.8, 4) is 11.5 Å². The second-order valence-electron chi connectivity index (χ2n) is 6.99. The molecule has 7 heteroatoms. The Hall–Kier alpha value is -2.54. The summed E-state index contributed by atoms with van der Waals surface area (Å²) in [5.74, 6) is 1.30. The third kappa shape index (κ3) is 4.80. The SMILES string of the molecule is COc1ccccc1OCc1cc(C(=O)N2CCCN(C(C)C)CC2)n[nH]1. The van der Waals surface area contributed by atoms with Gasteiger partial charge in [0.05, 0.1) is 12.8 Å². The number of H-pyrrole nitrogens is 1. The van der Waals surface area contributed by atoms with Crippen LogP contribution < -0.4 is 9.47 Å². The summed E-state index contributed by atoms with van der Waals surface area (Å²) in [6.07, 6.45) is 0.984. The number of ether oxygens (including phenoxy) is 2. The highest BCUT2D eigenvalue weighted by molar-refractivity contribution is 5.92. The molecule has 1 saturated heterocycles. The maximum Gasteiger partial charge on any atom is 0.274 e. The molecule has 27 heavy (non-hydrogen) atoms. The van der Waals surface area contributed by atoms with E-state index < -0.39 is 0 Å². The number of amides is 1. The predicted molar refractivity (Wildman–Crippen MR) is 103 cm³/mol. The summed E-state index contributed by atoms with van der Waals surface area (Å²) < 4.78 is 11.1. The maximum atomic E-state index is 12.8. The Balaban J connectivity index is 1.59. The van der Waals surface area contributed by atoms with Crippen molar-refractivity contribution in [3.63, 3.8) is 0 Å². The van der Waals surface area contributed by atoms with Crippen LogP contribution in [0.2, 0.25) is 0 Å². The molecule has 1 aromatic carbocycles. The van der Waals surface area contributed by atoms with Crippen LogP contribution in [0.15, 0.2) is 30.3 Å². The van der Waals surface area contributed by atoms with E-state index in [-0.39, 0.29) is 5.91 Å². The smallest absolute Gasteiger partial charge is 0.274 e. The van der Waals surface area contributed by atoms with Crippen molar-refractivity contribution in [1.29, 1.82) is 0 Å². The van der Waals surface area contributed by atoms with Gasteiger partial charge >= 0.3 is 0 Å². The minimum Gasteiger partial charge on any atom is -0.493 e. The van der Waals surface area contributed by atoms with E-state index in [0.29, 0.717) is 29.8 Å². The fraction of sp³-hybridized carbons (Fsp3) is 0.500. The molecule has 1 aliphatic heterocycles. The molecule has 0 aliphatic carbocycles. The monoisotopic (exact) mass is 372 g/mol. The van der Waals surface area contributed by atoms with E-state index in [9.17, 15) is 4.79 Å². The molecule has 1 aliphatic rings. The number of benzene rings is 1. The number of aromatic nitrogens is 2. The van der Waals surface area contributed by atoms with Crippen LogP contribution in [0.3, 0.4) is 0 Å². The first-order valence-electron chi connectivity index (χ1n) is 9.42. The Morgan fingerprint density at radius 3 is 2.70 bits per heavy atom. The van der Waals surface area contributed by atoms with Gasteiger partial charge in [-0.2, -0.15) is 5.10 Å². The molecule has 2 heterocycles. The number of carbonyl (C=O) groups excluding carboxylic acids is 1. The maximum absolute atomic E-state index is 12.8. The highest BCUT2D eigenvalue weighted by atomic mass is 16.5. The van der Waals surface area contributed by atoms with Crippen molar-refractivity contribution in [2.75, 3.05) is 33.3 Å². The van der Waals surface area contributed by atoms with Crippen molar-refractivity contribution in [2.24, 2.45) is 0 Å². The van der Waals surface area contributed by atoms with Gasteiger partial charge in [0.1, 0.15) is 6.61 Å². The molecule has 1 amide bonds. The summed E-state index contributed by atoms with van der Waals surface area (Å²) in [5.41, 5.74) is 1.19. The van der Waals surface area contributed by atoms with Crippen molar-refractivity contribution < 1.29 is 14.3 Å².